The largest absolute Gasteiger partial charge is 0.760 e. The van der Waals surface area contributed by atoms with Gasteiger partial charge in [-0.2, -0.15) is 4.39 Å². The molecule has 1 aliphatic carbocycles. The molecule has 3 heterocycles. The summed E-state index contributed by atoms with van der Waals surface area (Å²) < 4.78 is 90.6. The van der Waals surface area contributed by atoms with Gasteiger partial charge in [-0.1, -0.05) is 19.3 Å². The average Bonchev–Trinajstić information content (AvgIpc) is 2.92. The maximum absolute atomic E-state index is 15.4. The molecule has 14 heteroatoms. The summed E-state index contributed by atoms with van der Waals surface area (Å²) in [6, 6.07) is 5.17. The first-order valence-electron chi connectivity index (χ1n) is 12.9. The fourth-order valence-electron chi connectivity index (χ4n) is 5.34. The minimum Gasteiger partial charge on any atom is -0.760 e. The summed E-state index contributed by atoms with van der Waals surface area (Å²) in [5.41, 5.74) is -1.67. The number of rotatable bonds is 8. The van der Waals surface area contributed by atoms with E-state index in [1.54, 1.807) is 18.2 Å². The van der Waals surface area contributed by atoms with Crippen molar-refractivity contribution in [3.63, 3.8) is 0 Å². The molecule has 1 unspecified atom stereocenters. The summed E-state index contributed by atoms with van der Waals surface area (Å²) in [6.45, 7) is 0.813. The van der Waals surface area contributed by atoms with E-state index in [2.05, 4.69) is 30.3 Å². The summed E-state index contributed by atoms with van der Waals surface area (Å²) in [6.07, 6.45) is 4.14. The Balaban J connectivity index is 1.45. The molecule has 3 atom stereocenters. The Morgan fingerprint density at radius 2 is 1.88 bits per heavy atom. The monoisotopic (exact) mass is 579 g/mol. The van der Waals surface area contributed by atoms with Crippen molar-refractivity contribution in [1.82, 2.24) is 25.0 Å². The highest BCUT2D eigenvalue weighted by Gasteiger charge is 2.40. The lowest BCUT2D eigenvalue weighted by atomic mass is 9.77. The Morgan fingerprint density at radius 3 is 2.62 bits per heavy atom. The third kappa shape index (κ3) is 6.09. The van der Waals surface area contributed by atoms with Gasteiger partial charge >= 0.3 is 0 Å². The van der Waals surface area contributed by atoms with Gasteiger partial charge in [-0.15, -0.1) is 0 Å². The predicted octanol–water partition coefficient (Wildman–Crippen LogP) is 4.40. The van der Waals surface area contributed by atoms with Crippen LogP contribution in [-0.4, -0.2) is 49.0 Å². The summed E-state index contributed by atoms with van der Waals surface area (Å²) >= 11 is -2.83. The van der Waals surface area contributed by atoms with Crippen molar-refractivity contribution in [2.24, 2.45) is 0 Å². The molecule has 0 amide bonds. The zero-order chi connectivity index (χ0) is 28.3. The second-order valence-electron chi connectivity index (χ2n) is 9.90. The lowest BCUT2D eigenvalue weighted by Gasteiger charge is -2.39. The number of ether oxygens (including phenoxy) is 1. The van der Waals surface area contributed by atoms with E-state index in [9.17, 15) is 13.2 Å². The fourth-order valence-corrected chi connectivity index (χ4v) is 5.96. The van der Waals surface area contributed by atoms with Gasteiger partial charge in [0.1, 0.15) is 12.0 Å². The van der Waals surface area contributed by atoms with Crippen LogP contribution in [0.5, 0.6) is 11.6 Å². The molecule has 1 aromatic carbocycles. The molecule has 2 fully saturated rings. The zero-order valence-electron chi connectivity index (χ0n) is 21.3. The van der Waals surface area contributed by atoms with E-state index < -0.39 is 51.7 Å². The number of nitrogens with zero attached hydrogens (tertiary/aromatic N) is 3. The van der Waals surface area contributed by atoms with Gasteiger partial charge in [0.05, 0.1) is 16.8 Å². The van der Waals surface area contributed by atoms with E-state index in [1.807, 2.05) is 0 Å². The molecule has 1 saturated heterocycles. The Bertz CT molecular complexity index is 1390. The molecule has 2 aromatic heterocycles. The third-order valence-corrected chi connectivity index (χ3v) is 7.69. The topological polar surface area (TPSA) is 124 Å². The van der Waals surface area contributed by atoms with E-state index >= 15 is 13.2 Å². The third-order valence-electron chi connectivity index (χ3n) is 7.13. The molecule has 0 radical (unpaired) electrons. The van der Waals surface area contributed by atoms with Crippen molar-refractivity contribution in [3.05, 3.63) is 59.7 Å². The van der Waals surface area contributed by atoms with Gasteiger partial charge in [-0.25, -0.2) is 32.8 Å². The first-order valence-corrected chi connectivity index (χ1v) is 14.0. The first kappa shape index (κ1) is 28.3. The maximum atomic E-state index is 15.4. The molecular weight excluding hydrogens is 552 g/mol. The van der Waals surface area contributed by atoms with Crippen molar-refractivity contribution < 1.29 is 31.1 Å². The van der Waals surface area contributed by atoms with Crippen molar-refractivity contribution >= 4 is 17.2 Å². The van der Waals surface area contributed by atoms with Crippen LogP contribution >= 0.6 is 0 Å². The smallest absolute Gasteiger partial charge is 0.228 e. The molecule has 0 spiro atoms. The molecule has 1 aliphatic heterocycles. The number of aromatic nitrogens is 3. The minimum atomic E-state index is -2.83. The van der Waals surface area contributed by atoms with Gasteiger partial charge in [0.25, 0.3) is 0 Å². The Morgan fingerprint density at radius 1 is 1.07 bits per heavy atom. The molecule has 5 rings (SSSR count). The number of halogens is 4. The number of pyridine rings is 1. The number of piperidine rings is 1. The molecule has 9 nitrogen and oxygen atoms in total. The van der Waals surface area contributed by atoms with Gasteiger partial charge in [-0.05, 0) is 31.0 Å². The van der Waals surface area contributed by atoms with Gasteiger partial charge in [-0.3, -0.25) is 4.21 Å². The standard InChI is InChI=1S/C26H28F4N6O3S/c27-15-11-16(14-31-13-15)34-25-33-10-6-19(35-25)17-5-4-9-32-24(17)39-20-12-18(28)21(23(30)22(20)29)26(36-40(37)38)7-2-1-3-8-26/h4-6,9-10,12,15-16,31,36H,1-3,7-8,11,13-14H2,(H,37,38)(H,33,34,35)/p-1/t15-,16-/m0/s1. The minimum absolute atomic E-state index is 0.117. The number of anilines is 1. The predicted molar refractivity (Wildman–Crippen MR) is 138 cm³/mol. The molecule has 2 aliphatic rings. The van der Waals surface area contributed by atoms with Crippen LogP contribution in [0.3, 0.4) is 0 Å². The summed E-state index contributed by atoms with van der Waals surface area (Å²) in [5.74, 6) is -4.87. The van der Waals surface area contributed by atoms with Crippen molar-refractivity contribution in [2.45, 2.75) is 56.3 Å². The van der Waals surface area contributed by atoms with Crippen LogP contribution in [0.2, 0.25) is 0 Å². The summed E-state index contributed by atoms with van der Waals surface area (Å²) in [4.78, 5) is 12.7. The molecular formula is C26H27F4N6O3S-. The van der Waals surface area contributed by atoms with Crippen molar-refractivity contribution in [1.29, 1.82) is 0 Å². The van der Waals surface area contributed by atoms with Crippen LogP contribution in [0.1, 0.15) is 44.1 Å². The van der Waals surface area contributed by atoms with Gasteiger partial charge in [0.15, 0.2) is 11.6 Å². The van der Waals surface area contributed by atoms with Crippen LogP contribution < -0.4 is 20.1 Å². The van der Waals surface area contributed by atoms with E-state index in [1.165, 1.54) is 12.4 Å². The van der Waals surface area contributed by atoms with Crippen molar-refractivity contribution in [3.8, 4) is 22.9 Å². The lowest BCUT2D eigenvalue weighted by Crippen LogP contribution is -2.46. The highest BCUT2D eigenvalue weighted by atomic mass is 32.2. The molecule has 3 N–H and O–H groups in total. The van der Waals surface area contributed by atoms with Crippen LogP contribution in [0.25, 0.3) is 11.3 Å². The lowest BCUT2D eigenvalue weighted by molar-refractivity contribution is 0.248. The van der Waals surface area contributed by atoms with Crippen molar-refractivity contribution in [2.75, 3.05) is 18.4 Å². The van der Waals surface area contributed by atoms with E-state index in [4.69, 9.17) is 4.74 Å². The van der Waals surface area contributed by atoms with E-state index in [0.29, 0.717) is 31.1 Å². The second kappa shape index (κ2) is 12.1. The second-order valence-corrected chi connectivity index (χ2v) is 10.6. The zero-order valence-corrected chi connectivity index (χ0v) is 22.1. The molecule has 1 saturated carbocycles. The van der Waals surface area contributed by atoms with Crippen LogP contribution in [0, 0.1) is 17.5 Å². The number of hydrogen-bond acceptors (Lipinski definition) is 8. The fraction of sp³-hybridized carbons (Fsp3) is 0.423. The highest BCUT2D eigenvalue weighted by molar-refractivity contribution is 7.77. The normalized spacial score (nSPS) is 21.5. The van der Waals surface area contributed by atoms with E-state index in [0.717, 1.165) is 6.42 Å². The van der Waals surface area contributed by atoms with Gasteiger partial charge < -0.3 is 19.9 Å². The average molecular weight is 580 g/mol. The number of alkyl halides is 1. The number of nitrogens with one attached hydrogen (secondary N) is 3. The first-order chi connectivity index (χ1) is 19.3. The van der Waals surface area contributed by atoms with Crippen LogP contribution in [0.4, 0.5) is 23.5 Å². The van der Waals surface area contributed by atoms with E-state index in [-0.39, 0.29) is 49.2 Å². The number of benzene rings is 1. The molecule has 3 aromatic rings. The number of hydrogen-bond donors (Lipinski definition) is 3. The molecule has 40 heavy (non-hydrogen) atoms. The maximum Gasteiger partial charge on any atom is 0.228 e. The molecule has 0 bridgehead atoms. The Labute approximate surface area is 230 Å². The Kier molecular flexibility index (Phi) is 8.59. The van der Waals surface area contributed by atoms with Crippen LogP contribution in [-0.2, 0) is 16.8 Å². The van der Waals surface area contributed by atoms with Gasteiger partial charge in [0.2, 0.25) is 17.6 Å². The SMILES string of the molecule is O=S([O-])NC1(c2c(F)cc(Oc3ncccc3-c3ccnc(N[C@@H]4CNC[C@@H](F)C4)n3)c(F)c2F)CCCCC1. The highest BCUT2D eigenvalue weighted by Crippen LogP contribution is 2.43. The molecule has 214 valence electrons. The Hall–Kier alpha value is -3.20. The quantitative estimate of drug-likeness (QED) is 0.204. The van der Waals surface area contributed by atoms with Crippen LogP contribution in [0.15, 0.2) is 36.7 Å². The summed E-state index contributed by atoms with van der Waals surface area (Å²) in [5, 5.41) is 6.06. The van der Waals surface area contributed by atoms with Gasteiger partial charge in [0, 0.05) is 60.8 Å². The summed E-state index contributed by atoms with van der Waals surface area (Å²) in [7, 11) is 0.